The van der Waals surface area contributed by atoms with Crippen LogP contribution in [-0.4, -0.2) is 14.8 Å². The minimum Gasteiger partial charge on any atom is -0.444 e. The summed E-state index contributed by atoms with van der Waals surface area (Å²) in [6.45, 7) is 7.92. The smallest absolute Gasteiger partial charge is 0.287 e. The van der Waals surface area contributed by atoms with Crippen LogP contribution in [0.1, 0.15) is 17.3 Å². The number of anilines is 1. The Kier molecular flexibility index (Phi) is 4.24. The zero-order valence-corrected chi connectivity index (χ0v) is 12.1. The number of halogens is 1. The van der Waals surface area contributed by atoms with E-state index in [0.717, 1.165) is 11.5 Å². The fraction of sp³-hybridized carbons (Fsp3) is 0.308. The van der Waals surface area contributed by atoms with Gasteiger partial charge in [-0.2, -0.15) is 5.10 Å². The molecule has 106 valence electrons. The van der Waals surface area contributed by atoms with Gasteiger partial charge in [0.25, 0.3) is 5.56 Å². The SMILES string of the molecule is C=CCn1ncc(NCc2nc(C)c(C)o2)c(Cl)c1=O. The Morgan fingerprint density at radius 3 is 2.90 bits per heavy atom. The molecule has 0 fully saturated rings. The third-order valence-corrected chi connectivity index (χ3v) is 3.16. The average molecular weight is 295 g/mol. The van der Waals surface area contributed by atoms with Crippen LogP contribution in [0.2, 0.25) is 5.02 Å². The third-order valence-electron chi connectivity index (χ3n) is 2.79. The van der Waals surface area contributed by atoms with Crippen LogP contribution in [0.4, 0.5) is 5.69 Å². The highest BCUT2D eigenvalue weighted by molar-refractivity contribution is 6.32. The molecule has 2 rings (SSSR count). The molecule has 2 aromatic heterocycles. The zero-order chi connectivity index (χ0) is 14.7. The lowest BCUT2D eigenvalue weighted by molar-refractivity contribution is 0.478. The molecule has 2 heterocycles. The maximum Gasteiger partial charge on any atom is 0.287 e. The van der Waals surface area contributed by atoms with E-state index in [1.807, 2.05) is 13.8 Å². The summed E-state index contributed by atoms with van der Waals surface area (Å²) >= 11 is 6.02. The lowest BCUT2D eigenvalue weighted by Crippen LogP contribution is -2.23. The molecule has 0 aromatic carbocycles. The Morgan fingerprint density at radius 2 is 2.30 bits per heavy atom. The van der Waals surface area contributed by atoms with Crippen molar-refractivity contribution in [3.63, 3.8) is 0 Å². The van der Waals surface area contributed by atoms with E-state index in [2.05, 4.69) is 22.0 Å². The largest absolute Gasteiger partial charge is 0.444 e. The second-order valence-electron chi connectivity index (χ2n) is 4.25. The number of nitrogens with zero attached hydrogens (tertiary/aromatic N) is 3. The van der Waals surface area contributed by atoms with E-state index >= 15 is 0 Å². The first kappa shape index (κ1) is 14.3. The molecule has 0 aliphatic rings. The molecule has 0 bridgehead atoms. The van der Waals surface area contributed by atoms with Gasteiger partial charge in [-0.1, -0.05) is 17.7 Å². The summed E-state index contributed by atoms with van der Waals surface area (Å²) < 4.78 is 6.67. The summed E-state index contributed by atoms with van der Waals surface area (Å²) in [5.41, 5.74) is 0.925. The van der Waals surface area contributed by atoms with Gasteiger partial charge in [0.2, 0.25) is 5.89 Å². The Balaban J connectivity index is 2.16. The summed E-state index contributed by atoms with van der Waals surface area (Å²) in [5, 5.41) is 7.07. The normalized spacial score (nSPS) is 10.6. The van der Waals surface area contributed by atoms with Crippen molar-refractivity contribution in [3.8, 4) is 0 Å². The van der Waals surface area contributed by atoms with E-state index in [1.165, 1.54) is 10.9 Å². The third kappa shape index (κ3) is 2.91. The predicted octanol–water partition coefficient (Wildman–Crippen LogP) is 2.30. The Morgan fingerprint density at radius 1 is 1.55 bits per heavy atom. The molecule has 2 aromatic rings. The van der Waals surface area contributed by atoms with Crippen molar-refractivity contribution in [2.45, 2.75) is 26.9 Å². The van der Waals surface area contributed by atoms with Gasteiger partial charge in [-0.25, -0.2) is 9.67 Å². The first-order chi connectivity index (χ1) is 9.52. The molecule has 0 aliphatic carbocycles. The van der Waals surface area contributed by atoms with E-state index in [1.54, 1.807) is 6.08 Å². The van der Waals surface area contributed by atoms with Crippen LogP contribution in [0.5, 0.6) is 0 Å². The molecule has 0 unspecified atom stereocenters. The number of aromatic nitrogens is 3. The number of nitrogens with one attached hydrogen (secondary N) is 1. The number of oxazole rings is 1. The van der Waals surface area contributed by atoms with E-state index < -0.39 is 0 Å². The highest BCUT2D eigenvalue weighted by Gasteiger charge is 2.10. The molecule has 0 radical (unpaired) electrons. The van der Waals surface area contributed by atoms with Crippen molar-refractivity contribution in [1.82, 2.24) is 14.8 Å². The molecular weight excluding hydrogens is 280 g/mol. The van der Waals surface area contributed by atoms with Crippen molar-refractivity contribution in [2.75, 3.05) is 5.32 Å². The second kappa shape index (κ2) is 5.92. The Bertz CT molecular complexity index is 671. The fourth-order valence-electron chi connectivity index (χ4n) is 1.63. The minimum atomic E-state index is -0.365. The lowest BCUT2D eigenvalue weighted by Gasteiger charge is -2.07. The highest BCUT2D eigenvalue weighted by Crippen LogP contribution is 2.17. The quantitative estimate of drug-likeness (QED) is 0.857. The summed E-state index contributed by atoms with van der Waals surface area (Å²) in [4.78, 5) is 16.1. The van der Waals surface area contributed by atoms with Crippen molar-refractivity contribution in [3.05, 3.63) is 51.6 Å². The molecule has 1 N–H and O–H groups in total. The highest BCUT2D eigenvalue weighted by atomic mass is 35.5. The van der Waals surface area contributed by atoms with Gasteiger partial charge < -0.3 is 9.73 Å². The Hall–Kier alpha value is -2.08. The number of hydrogen-bond acceptors (Lipinski definition) is 5. The molecule has 20 heavy (non-hydrogen) atoms. The molecule has 0 atom stereocenters. The lowest BCUT2D eigenvalue weighted by atomic mass is 10.4. The fourth-order valence-corrected chi connectivity index (χ4v) is 1.84. The number of aryl methyl sites for hydroxylation is 2. The maximum absolute atomic E-state index is 11.9. The van der Waals surface area contributed by atoms with Crippen molar-refractivity contribution in [2.24, 2.45) is 0 Å². The molecule has 6 nitrogen and oxygen atoms in total. The summed E-state index contributed by atoms with van der Waals surface area (Å²) in [6, 6.07) is 0. The van der Waals surface area contributed by atoms with Crippen LogP contribution in [0.25, 0.3) is 0 Å². The van der Waals surface area contributed by atoms with Crippen LogP contribution in [0.3, 0.4) is 0 Å². The van der Waals surface area contributed by atoms with Crippen molar-refractivity contribution < 1.29 is 4.42 Å². The topological polar surface area (TPSA) is 73.0 Å². The molecule has 7 heteroatoms. The van der Waals surface area contributed by atoms with Crippen LogP contribution < -0.4 is 10.9 Å². The van der Waals surface area contributed by atoms with Gasteiger partial charge in [-0.3, -0.25) is 4.79 Å². The average Bonchev–Trinajstić information content (AvgIpc) is 2.74. The van der Waals surface area contributed by atoms with Crippen LogP contribution in [-0.2, 0) is 13.1 Å². The molecule has 0 amide bonds. The summed E-state index contributed by atoms with van der Waals surface area (Å²) in [6.07, 6.45) is 3.08. The molecule has 0 aliphatic heterocycles. The number of hydrogen-bond donors (Lipinski definition) is 1. The summed E-state index contributed by atoms with van der Waals surface area (Å²) in [5.74, 6) is 1.30. The maximum atomic E-state index is 11.9. The molecular formula is C13H15ClN4O2. The second-order valence-corrected chi connectivity index (χ2v) is 4.63. The van der Waals surface area contributed by atoms with Gasteiger partial charge in [0.05, 0.1) is 30.7 Å². The van der Waals surface area contributed by atoms with Crippen molar-refractivity contribution in [1.29, 1.82) is 0 Å². The van der Waals surface area contributed by atoms with Crippen LogP contribution >= 0.6 is 11.6 Å². The van der Waals surface area contributed by atoms with Gasteiger partial charge in [0.15, 0.2) is 0 Å². The first-order valence-electron chi connectivity index (χ1n) is 6.06. The predicted molar refractivity (Wildman–Crippen MR) is 77.0 cm³/mol. The number of rotatable bonds is 5. The first-order valence-corrected chi connectivity index (χ1v) is 6.44. The Labute approximate surface area is 121 Å². The van der Waals surface area contributed by atoms with E-state index in [0.29, 0.717) is 24.7 Å². The van der Waals surface area contributed by atoms with Gasteiger partial charge in [0, 0.05) is 0 Å². The van der Waals surface area contributed by atoms with Crippen LogP contribution in [0.15, 0.2) is 28.1 Å². The van der Waals surface area contributed by atoms with E-state index in [9.17, 15) is 4.79 Å². The minimum absolute atomic E-state index is 0.0850. The molecule has 0 spiro atoms. The van der Waals surface area contributed by atoms with Gasteiger partial charge in [-0.15, -0.1) is 6.58 Å². The molecule has 0 saturated heterocycles. The summed E-state index contributed by atoms with van der Waals surface area (Å²) in [7, 11) is 0. The zero-order valence-electron chi connectivity index (χ0n) is 11.3. The molecule has 0 saturated carbocycles. The van der Waals surface area contributed by atoms with Gasteiger partial charge in [0.1, 0.15) is 10.8 Å². The van der Waals surface area contributed by atoms with E-state index in [-0.39, 0.29) is 10.6 Å². The standard InChI is InChI=1S/C13H15ClN4O2/c1-4-5-18-13(19)12(14)10(6-16-18)15-7-11-17-8(2)9(3)20-11/h4,6,15H,1,5,7H2,2-3H3. The van der Waals surface area contributed by atoms with E-state index in [4.69, 9.17) is 16.0 Å². The monoisotopic (exact) mass is 294 g/mol. The number of allylic oxidation sites excluding steroid dienone is 1. The van der Waals surface area contributed by atoms with Crippen molar-refractivity contribution >= 4 is 17.3 Å². The van der Waals surface area contributed by atoms with Gasteiger partial charge in [-0.05, 0) is 13.8 Å². The van der Waals surface area contributed by atoms with Crippen LogP contribution in [0, 0.1) is 13.8 Å². The van der Waals surface area contributed by atoms with Gasteiger partial charge >= 0.3 is 0 Å².